The summed E-state index contributed by atoms with van der Waals surface area (Å²) in [4.78, 5) is 40.8. The first kappa shape index (κ1) is 22.2. The van der Waals surface area contributed by atoms with Crippen molar-refractivity contribution in [2.24, 2.45) is 10.8 Å². The first-order valence-electron chi connectivity index (χ1n) is 10.6. The van der Waals surface area contributed by atoms with Crippen molar-refractivity contribution in [2.45, 2.75) is 70.2 Å². The van der Waals surface area contributed by atoms with Crippen LogP contribution in [0.1, 0.15) is 46.5 Å². The Morgan fingerprint density at radius 3 is 2.45 bits per heavy atom. The van der Waals surface area contributed by atoms with Crippen molar-refractivity contribution in [2.75, 3.05) is 28.1 Å². The fourth-order valence-corrected chi connectivity index (χ4v) is 5.81. The summed E-state index contributed by atoms with van der Waals surface area (Å²) in [5.41, 5.74) is -2.56. The number of carbonyl (C=O) groups is 3. The topological polar surface area (TPSA) is 101 Å². The van der Waals surface area contributed by atoms with E-state index in [1.807, 2.05) is 32.7 Å². The molecule has 4 aliphatic rings. The number of esters is 3. The quantitative estimate of drug-likeness (QED) is 0.348. The van der Waals surface area contributed by atoms with Gasteiger partial charge in [0, 0.05) is 25.0 Å². The molecule has 5 atom stereocenters. The fraction of sp³-hybridized carbons (Fsp3) is 0.773. The number of fused-ring (bicyclic) bond motifs is 4. The molecule has 0 N–H and O–H groups in total. The van der Waals surface area contributed by atoms with Gasteiger partial charge in [0.15, 0.2) is 0 Å². The Hall–Kier alpha value is -1.97. The minimum absolute atomic E-state index is 0.0357. The molecule has 0 aromatic rings. The molecule has 0 radical (unpaired) electrons. The third-order valence-corrected chi connectivity index (χ3v) is 8.32. The highest BCUT2D eigenvalue weighted by molar-refractivity contribution is 5.95. The Morgan fingerprint density at radius 2 is 1.90 bits per heavy atom. The number of carbonyl (C=O) groups excluding carboxylic acids is 3. The highest BCUT2D eigenvalue weighted by Crippen LogP contribution is 2.66. The lowest BCUT2D eigenvalue weighted by Crippen LogP contribution is -2.50. The number of ether oxygens (including phenoxy) is 5. The molecule has 4 rings (SSSR count). The van der Waals surface area contributed by atoms with Crippen LogP contribution in [0.3, 0.4) is 0 Å². The highest BCUT2D eigenvalue weighted by Gasteiger charge is 2.76. The molecule has 3 fully saturated rings. The Bertz CT molecular complexity index is 850. The van der Waals surface area contributed by atoms with E-state index in [1.165, 1.54) is 14.2 Å². The molecule has 0 aromatic carbocycles. The molecule has 0 spiro atoms. The summed E-state index contributed by atoms with van der Waals surface area (Å²) >= 11 is 0. The number of methoxy groups -OCH3 is 2. The highest BCUT2D eigenvalue weighted by atomic mass is 16.7. The molecule has 3 aliphatic heterocycles. The van der Waals surface area contributed by atoms with Gasteiger partial charge in [-0.3, -0.25) is 9.69 Å². The lowest BCUT2D eigenvalue weighted by atomic mass is 9.66. The minimum Gasteiger partial charge on any atom is -0.466 e. The predicted molar refractivity (Wildman–Crippen MR) is 106 cm³/mol. The van der Waals surface area contributed by atoms with Crippen LogP contribution in [0, 0.1) is 10.8 Å². The molecule has 2 saturated heterocycles. The van der Waals surface area contributed by atoms with Crippen molar-refractivity contribution in [3.05, 3.63) is 11.3 Å². The van der Waals surface area contributed by atoms with Crippen LogP contribution in [-0.4, -0.2) is 74.7 Å². The number of hydrogen-bond donors (Lipinski definition) is 0. The summed E-state index contributed by atoms with van der Waals surface area (Å²) in [6, 6.07) is -0.386. The molecular formula is C22H31NO8. The maximum absolute atomic E-state index is 13.5. The molecule has 31 heavy (non-hydrogen) atoms. The van der Waals surface area contributed by atoms with Crippen LogP contribution < -0.4 is 0 Å². The standard InChI is InChI=1S/C22H31NO8/c1-20(2)21(3)7-8-22(20,31-18(21)25)19(26)30-13-9-12-10-14(29-11-27-5)16(23(12)4)15(13)17(24)28-6/h12,14,16H,7-11H2,1-6H3/t12-,14-,16-,21-,22+/m0/s1. The summed E-state index contributed by atoms with van der Waals surface area (Å²) in [6.07, 6.45) is 1.67. The molecule has 0 amide bonds. The van der Waals surface area contributed by atoms with Gasteiger partial charge in [-0.1, -0.05) is 13.8 Å². The van der Waals surface area contributed by atoms with E-state index in [2.05, 4.69) is 0 Å². The average Bonchev–Trinajstić information content (AvgIpc) is 3.12. The molecule has 9 heteroatoms. The number of rotatable bonds is 6. The van der Waals surface area contributed by atoms with Crippen molar-refractivity contribution < 1.29 is 38.1 Å². The normalized spacial score (nSPS) is 38.4. The lowest BCUT2D eigenvalue weighted by molar-refractivity contribution is -0.180. The number of nitrogens with zero attached hydrogens (tertiary/aromatic N) is 1. The van der Waals surface area contributed by atoms with Gasteiger partial charge in [0.05, 0.1) is 30.2 Å². The van der Waals surface area contributed by atoms with Crippen molar-refractivity contribution in [3.8, 4) is 0 Å². The van der Waals surface area contributed by atoms with Gasteiger partial charge in [0.1, 0.15) is 12.6 Å². The summed E-state index contributed by atoms with van der Waals surface area (Å²) in [7, 11) is 4.74. The van der Waals surface area contributed by atoms with E-state index >= 15 is 0 Å². The lowest BCUT2D eigenvalue weighted by Gasteiger charge is -2.37. The van der Waals surface area contributed by atoms with Crippen molar-refractivity contribution in [1.29, 1.82) is 0 Å². The van der Waals surface area contributed by atoms with Gasteiger partial charge in [0.2, 0.25) is 5.60 Å². The van der Waals surface area contributed by atoms with Gasteiger partial charge < -0.3 is 23.7 Å². The third kappa shape index (κ3) is 2.82. The van der Waals surface area contributed by atoms with E-state index in [1.54, 1.807) is 0 Å². The van der Waals surface area contributed by atoms with Crippen LogP contribution in [0.4, 0.5) is 0 Å². The molecule has 0 unspecified atom stereocenters. The predicted octanol–water partition coefficient (Wildman–Crippen LogP) is 1.54. The Balaban J connectivity index is 1.68. The zero-order chi connectivity index (χ0) is 22.8. The summed E-state index contributed by atoms with van der Waals surface area (Å²) in [5, 5.41) is 0. The van der Waals surface area contributed by atoms with Gasteiger partial charge in [-0.05, 0) is 33.2 Å². The summed E-state index contributed by atoms with van der Waals surface area (Å²) in [5.74, 6) is -1.29. The Kier molecular flexibility index (Phi) is 5.22. The van der Waals surface area contributed by atoms with Gasteiger partial charge >= 0.3 is 17.9 Å². The van der Waals surface area contributed by atoms with E-state index in [-0.39, 0.29) is 36.2 Å². The molecule has 3 heterocycles. The molecule has 9 nitrogen and oxygen atoms in total. The van der Waals surface area contributed by atoms with Gasteiger partial charge in [-0.25, -0.2) is 9.59 Å². The Labute approximate surface area is 182 Å². The zero-order valence-electron chi connectivity index (χ0n) is 19.0. The van der Waals surface area contributed by atoms with E-state index in [9.17, 15) is 14.4 Å². The van der Waals surface area contributed by atoms with Crippen LogP contribution in [0.25, 0.3) is 0 Å². The maximum atomic E-state index is 13.5. The van der Waals surface area contributed by atoms with Crippen molar-refractivity contribution in [3.63, 3.8) is 0 Å². The van der Waals surface area contributed by atoms with Crippen LogP contribution in [0.2, 0.25) is 0 Å². The van der Waals surface area contributed by atoms with Crippen LogP contribution in [0.15, 0.2) is 11.3 Å². The van der Waals surface area contributed by atoms with Gasteiger partial charge in [-0.15, -0.1) is 0 Å². The van der Waals surface area contributed by atoms with Gasteiger partial charge in [-0.2, -0.15) is 0 Å². The van der Waals surface area contributed by atoms with E-state index in [0.717, 1.165) is 0 Å². The zero-order valence-corrected chi connectivity index (χ0v) is 19.0. The fourth-order valence-electron chi connectivity index (χ4n) is 5.81. The second-order valence-electron chi connectivity index (χ2n) is 9.71. The van der Waals surface area contributed by atoms with Crippen molar-refractivity contribution in [1.82, 2.24) is 4.90 Å². The van der Waals surface area contributed by atoms with Crippen LogP contribution in [0.5, 0.6) is 0 Å². The molecule has 4 bridgehead atoms. The Morgan fingerprint density at radius 1 is 1.19 bits per heavy atom. The van der Waals surface area contributed by atoms with Crippen LogP contribution in [-0.2, 0) is 38.1 Å². The number of hydrogen-bond acceptors (Lipinski definition) is 9. The average molecular weight is 437 g/mol. The maximum Gasteiger partial charge on any atom is 0.356 e. The molecular weight excluding hydrogens is 406 g/mol. The smallest absolute Gasteiger partial charge is 0.356 e. The SMILES string of the molecule is COCO[C@H]1C[C@@H]2CC(OC(=O)[C@@]34CC[C@@](C)(C(=O)O3)C4(C)C)=C(C(=O)OC)[C@H]1N2C. The van der Waals surface area contributed by atoms with Crippen molar-refractivity contribution >= 4 is 17.9 Å². The second kappa shape index (κ2) is 7.28. The summed E-state index contributed by atoms with van der Waals surface area (Å²) in [6.45, 7) is 5.67. The van der Waals surface area contributed by atoms with Gasteiger partial charge in [0.25, 0.3) is 0 Å². The number of likely N-dealkylation sites (N-methyl/N-ethyl adjacent to an activating group) is 1. The molecule has 172 valence electrons. The summed E-state index contributed by atoms with van der Waals surface area (Å²) < 4.78 is 27.4. The van der Waals surface area contributed by atoms with E-state index in [0.29, 0.717) is 25.7 Å². The van der Waals surface area contributed by atoms with E-state index < -0.39 is 34.4 Å². The second-order valence-corrected chi connectivity index (χ2v) is 9.71. The van der Waals surface area contributed by atoms with Crippen LogP contribution >= 0.6 is 0 Å². The molecule has 1 aliphatic carbocycles. The van der Waals surface area contributed by atoms with E-state index in [4.69, 9.17) is 23.7 Å². The third-order valence-electron chi connectivity index (χ3n) is 8.32. The first-order chi connectivity index (χ1) is 14.5. The largest absolute Gasteiger partial charge is 0.466 e. The minimum atomic E-state index is -1.36. The molecule has 0 aromatic heterocycles. The molecule has 1 saturated carbocycles. The monoisotopic (exact) mass is 437 g/mol. The first-order valence-corrected chi connectivity index (χ1v) is 10.6.